The Balaban J connectivity index is 2.42. The van der Waals surface area contributed by atoms with E-state index >= 15 is 0 Å². The van der Waals surface area contributed by atoms with Gasteiger partial charge in [0.05, 0.1) is 23.9 Å². The Labute approximate surface area is 105 Å². The second-order valence-corrected chi connectivity index (χ2v) is 3.92. The highest BCUT2D eigenvalue weighted by Crippen LogP contribution is 2.32. The number of carboxylic acids is 1. The molecule has 100 valence electrons. The quantitative estimate of drug-likeness (QED) is 0.901. The van der Waals surface area contributed by atoms with Crippen molar-refractivity contribution in [3.63, 3.8) is 0 Å². The predicted octanol–water partition coefficient (Wildman–Crippen LogP) is 2.72. The number of aromatic nitrogens is 2. The molecule has 0 atom stereocenters. The molecule has 1 aromatic carbocycles. The Bertz CT molecular complexity index is 605. The molecule has 0 saturated heterocycles. The normalized spacial score (nSPS) is 11.5. The third-order valence-electron chi connectivity index (χ3n) is 2.54. The van der Waals surface area contributed by atoms with Crippen molar-refractivity contribution in [2.45, 2.75) is 12.6 Å². The lowest BCUT2D eigenvalue weighted by atomic mass is 10.0. The lowest BCUT2D eigenvalue weighted by molar-refractivity contribution is -0.138. The summed E-state index contributed by atoms with van der Waals surface area (Å²) in [6.07, 6.45) is -3.45. The van der Waals surface area contributed by atoms with Crippen molar-refractivity contribution < 1.29 is 23.1 Å². The molecule has 0 saturated carbocycles. The summed E-state index contributed by atoms with van der Waals surface area (Å²) in [4.78, 5) is 10.7. The maximum Gasteiger partial charge on any atom is 0.416 e. The molecular weight excluding hydrogens is 261 g/mol. The summed E-state index contributed by atoms with van der Waals surface area (Å²) < 4.78 is 37.8. The SMILES string of the molecule is O=C(O)Cc1cn[nH]c1-c1cccc(C(F)(F)F)c1. The van der Waals surface area contributed by atoms with E-state index in [-0.39, 0.29) is 17.7 Å². The number of carbonyl (C=O) groups is 1. The smallest absolute Gasteiger partial charge is 0.416 e. The second kappa shape index (κ2) is 4.75. The first-order valence-electron chi connectivity index (χ1n) is 5.29. The number of hydrogen-bond acceptors (Lipinski definition) is 2. The molecule has 7 heteroatoms. The molecule has 0 amide bonds. The summed E-state index contributed by atoms with van der Waals surface area (Å²) in [5, 5.41) is 14.9. The van der Waals surface area contributed by atoms with Crippen molar-refractivity contribution in [1.29, 1.82) is 0 Å². The monoisotopic (exact) mass is 270 g/mol. The summed E-state index contributed by atoms with van der Waals surface area (Å²) in [6.45, 7) is 0. The van der Waals surface area contributed by atoms with Gasteiger partial charge in [-0.15, -0.1) is 0 Å². The molecule has 1 heterocycles. The first-order chi connectivity index (χ1) is 8.88. The molecule has 0 fully saturated rings. The Morgan fingerprint density at radius 1 is 1.37 bits per heavy atom. The van der Waals surface area contributed by atoms with Gasteiger partial charge in [0.1, 0.15) is 0 Å². The van der Waals surface area contributed by atoms with E-state index in [4.69, 9.17) is 5.11 Å². The highest BCUT2D eigenvalue weighted by Gasteiger charge is 2.30. The first-order valence-corrected chi connectivity index (χ1v) is 5.29. The standard InChI is InChI=1S/C12H9F3N2O2/c13-12(14,15)9-3-1-2-7(4-9)11-8(5-10(18)19)6-16-17-11/h1-4,6H,5H2,(H,16,17)(H,18,19). The maximum atomic E-state index is 12.6. The molecule has 2 N–H and O–H groups in total. The topological polar surface area (TPSA) is 66.0 Å². The van der Waals surface area contributed by atoms with Gasteiger partial charge in [0.25, 0.3) is 0 Å². The molecular formula is C12H9F3N2O2. The summed E-state index contributed by atoms with van der Waals surface area (Å²) in [6, 6.07) is 4.65. The number of carboxylic acid groups (broad SMARTS) is 1. The highest BCUT2D eigenvalue weighted by atomic mass is 19.4. The van der Waals surface area contributed by atoms with E-state index in [0.29, 0.717) is 5.56 Å². The zero-order chi connectivity index (χ0) is 14.0. The van der Waals surface area contributed by atoms with Crippen molar-refractivity contribution in [3.8, 4) is 11.3 Å². The Hall–Kier alpha value is -2.31. The molecule has 19 heavy (non-hydrogen) atoms. The number of benzene rings is 1. The van der Waals surface area contributed by atoms with Gasteiger partial charge in [-0.2, -0.15) is 18.3 Å². The minimum Gasteiger partial charge on any atom is -0.481 e. The Morgan fingerprint density at radius 3 is 2.74 bits per heavy atom. The minimum atomic E-state index is -4.44. The van der Waals surface area contributed by atoms with Crippen LogP contribution in [0.4, 0.5) is 13.2 Å². The minimum absolute atomic E-state index is 0.253. The highest BCUT2D eigenvalue weighted by molar-refractivity contribution is 5.74. The van der Waals surface area contributed by atoms with E-state index in [1.54, 1.807) is 0 Å². The van der Waals surface area contributed by atoms with Crippen molar-refractivity contribution in [2.24, 2.45) is 0 Å². The number of aliphatic carboxylic acids is 1. The van der Waals surface area contributed by atoms with E-state index in [1.165, 1.54) is 18.3 Å². The van der Waals surface area contributed by atoms with E-state index < -0.39 is 17.7 Å². The van der Waals surface area contributed by atoms with Crippen LogP contribution in [-0.4, -0.2) is 21.3 Å². The molecule has 0 aliphatic heterocycles. The average molecular weight is 270 g/mol. The first kappa shape index (κ1) is 13.1. The molecule has 0 bridgehead atoms. The number of H-pyrrole nitrogens is 1. The fraction of sp³-hybridized carbons (Fsp3) is 0.167. The molecule has 0 aliphatic carbocycles. The molecule has 0 spiro atoms. The largest absolute Gasteiger partial charge is 0.481 e. The van der Waals surface area contributed by atoms with E-state index in [2.05, 4.69) is 10.2 Å². The number of nitrogens with zero attached hydrogens (tertiary/aromatic N) is 1. The summed E-state index contributed by atoms with van der Waals surface area (Å²) in [5.41, 5.74) is 0.0878. The zero-order valence-electron chi connectivity index (χ0n) is 9.53. The van der Waals surface area contributed by atoms with Gasteiger partial charge < -0.3 is 5.11 Å². The van der Waals surface area contributed by atoms with Crippen LogP contribution in [0, 0.1) is 0 Å². The van der Waals surface area contributed by atoms with Gasteiger partial charge >= 0.3 is 12.1 Å². The van der Waals surface area contributed by atoms with Gasteiger partial charge in [-0.05, 0) is 12.1 Å². The van der Waals surface area contributed by atoms with Crippen molar-refractivity contribution in [2.75, 3.05) is 0 Å². The van der Waals surface area contributed by atoms with Crippen LogP contribution < -0.4 is 0 Å². The third kappa shape index (κ3) is 2.93. The van der Waals surface area contributed by atoms with Crippen LogP contribution in [-0.2, 0) is 17.4 Å². The molecule has 2 rings (SSSR count). The van der Waals surface area contributed by atoms with Crippen LogP contribution in [0.5, 0.6) is 0 Å². The lowest BCUT2D eigenvalue weighted by Crippen LogP contribution is -2.05. The van der Waals surface area contributed by atoms with Crippen LogP contribution in [0.25, 0.3) is 11.3 Å². The number of hydrogen-bond donors (Lipinski definition) is 2. The second-order valence-electron chi connectivity index (χ2n) is 3.92. The molecule has 0 unspecified atom stereocenters. The summed E-state index contributed by atoms with van der Waals surface area (Å²) in [7, 11) is 0. The number of aromatic amines is 1. The van der Waals surface area contributed by atoms with E-state index in [9.17, 15) is 18.0 Å². The van der Waals surface area contributed by atoms with Crippen molar-refractivity contribution >= 4 is 5.97 Å². The zero-order valence-corrected chi connectivity index (χ0v) is 9.53. The number of nitrogens with one attached hydrogen (secondary N) is 1. The van der Waals surface area contributed by atoms with Gasteiger partial charge in [0.15, 0.2) is 0 Å². The molecule has 2 aromatic rings. The number of halogens is 3. The molecule has 0 radical (unpaired) electrons. The average Bonchev–Trinajstić information content (AvgIpc) is 2.75. The predicted molar refractivity (Wildman–Crippen MR) is 60.4 cm³/mol. The van der Waals surface area contributed by atoms with Gasteiger partial charge in [-0.3, -0.25) is 9.89 Å². The Kier molecular flexibility index (Phi) is 3.28. The van der Waals surface area contributed by atoms with Crippen LogP contribution >= 0.6 is 0 Å². The van der Waals surface area contributed by atoms with E-state index in [0.717, 1.165) is 12.1 Å². The maximum absolute atomic E-state index is 12.6. The van der Waals surface area contributed by atoms with Gasteiger partial charge in [0.2, 0.25) is 0 Å². The van der Waals surface area contributed by atoms with Crippen molar-refractivity contribution in [3.05, 3.63) is 41.6 Å². The van der Waals surface area contributed by atoms with Gasteiger partial charge in [-0.1, -0.05) is 12.1 Å². The molecule has 1 aromatic heterocycles. The number of alkyl halides is 3. The van der Waals surface area contributed by atoms with Crippen LogP contribution in [0.3, 0.4) is 0 Å². The van der Waals surface area contributed by atoms with Crippen LogP contribution in [0.15, 0.2) is 30.5 Å². The summed E-state index contributed by atoms with van der Waals surface area (Å²) in [5.74, 6) is -1.07. The van der Waals surface area contributed by atoms with Crippen LogP contribution in [0.2, 0.25) is 0 Å². The summed E-state index contributed by atoms with van der Waals surface area (Å²) >= 11 is 0. The van der Waals surface area contributed by atoms with Gasteiger partial charge in [0, 0.05) is 11.1 Å². The third-order valence-corrected chi connectivity index (χ3v) is 2.54. The fourth-order valence-electron chi connectivity index (χ4n) is 1.71. The van der Waals surface area contributed by atoms with Crippen molar-refractivity contribution in [1.82, 2.24) is 10.2 Å². The molecule has 0 aliphatic rings. The van der Waals surface area contributed by atoms with E-state index in [1.807, 2.05) is 0 Å². The Morgan fingerprint density at radius 2 is 2.11 bits per heavy atom. The lowest BCUT2D eigenvalue weighted by Gasteiger charge is -2.08. The fourth-order valence-corrected chi connectivity index (χ4v) is 1.71. The molecule has 4 nitrogen and oxygen atoms in total. The van der Waals surface area contributed by atoms with Gasteiger partial charge in [-0.25, -0.2) is 0 Å². The number of rotatable bonds is 3. The van der Waals surface area contributed by atoms with Crippen LogP contribution in [0.1, 0.15) is 11.1 Å².